The molecular weight excluding hydrogens is 536 g/mol. The molecule has 3 heterocycles. The molecule has 0 bridgehead atoms. The van der Waals surface area contributed by atoms with Gasteiger partial charge in [0.05, 0.1) is 16.8 Å². The van der Waals surface area contributed by atoms with Gasteiger partial charge in [0.25, 0.3) is 0 Å². The van der Waals surface area contributed by atoms with Crippen LogP contribution in [0.4, 0.5) is 8.78 Å². The molecule has 5 rings (SSSR count). The number of carbonyl (C=O) groups is 1. The van der Waals surface area contributed by atoms with E-state index in [9.17, 15) is 13.6 Å². The standard InChI is InChI=1S/C26H22BrF2N3O4/c1-13(33)25(3,4)22-12-19(32(5)31-22)17-8-7-16(27)11-18(17)24-23(30-14(2)34-24)15-6-9-20-21(10-15)36-26(28,29)35-20/h6-12H,1-5H3. The van der Waals surface area contributed by atoms with Crippen molar-refractivity contribution >= 4 is 21.7 Å². The molecule has 0 radical (unpaired) electrons. The van der Waals surface area contributed by atoms with Crippen LogP contribution in [0.3, 0.4) is 0 Å². The number of carbonyl (C=O) groups excluding carboxylic acids is 1. The zero-order chi connectivity index (χ0) is 26.0. The fourth-order valence-corrected chi connectivity index (χ4v) is 4.40. The number of oxazole rings is 1. The van der Waals surface area contributed by atoms with Crippen LogP contribution in [0.5, 0.6) is 11.5 Å². The summed E-state index contributed by atoms with van der Waals surface area (Å²) in [5, 5.41) is 4.61. The fraction of sp³-hybridized carbons (Fsp3) is 0.269. The topological polar surface area (TPSA) is 79.4 Å². The Morgan fingerprint density at radius 3 is 2.50 bits per heavy atom. The SMILES string of the molecule is CC(=O)C(C)(C)c1cc(-c2ccc(Br)cc2-c2oc(C)nc2-c2ccc3c(c2)OC(F)(F)O3)n(C)n1. The maximum atomic E-state index is 13.6. The van der Waals surface area contributed by atoms with E-state index in [0.717, 1.165) is 15.7 Å². The molecule has 1 aliphatic heterocycles. The van der Waals surface area contributed by atoms with Crippen LogP contribution >= 0.6 is 15.9 Å². The van der Waals surface area contributed by atoms with Crippen LogP contribution in [0.1, 0.15) is 32.4 Å². The average Bonchev–Trinajstić information content (AvgIpc) is 3.46. The minimum absolute atomic E-state index is 0.00436. The maximum Gasteiger partial charge on any atom is 0.586 e. The number of alkyl halides is 2. The lowest BCUT2D eigenvalue weighted by atomic mass is 9.85. The number of benzene rings is 2. The van der Waals surface area contributed by atoms with E-state index in [1.54, 1.807) is 24.6 Å². The molecule has 2 aromatic heterocycles. The monoisotopic (exact) mass is 557 g/mol. The van der Waals surface area contributed by atoms with Crippen molar-refractivity contribution in [3.8, 4) is 45.3 Å². The van der Waals surface area contributed by atoms with Crippen LogP contribution in [-0.2, 0) is 17.3 Å². The third kappa shape index (κ3) is 4.09. The van der Waals surface area contributed by atoms with Gasteiger partial charge in [-0.25, -0.2) is 4.98 Å². The summed E-state index contributed by atoms with van der Waals surface area (Å²) in [5.41, 5.74) is 3.14. The van der Waals surface area contributed by atoms with Crippen molar-refractivity contribution < 1.29 is 27.5 Å². The Kier molecular flexibility index (Phi) is 5.55. The summed E-state index contributed by atoms with van der Waals surface area (Å²) < 4.78 is 44.9. The van der Waals surface area contributed by atoms with Crippen molar-refractivity contribution in [2.45, 2.75) is 39.4 Å². The van der Waals surface area contributed by atoms with Gasteiger partial charge in [0, 0.05) is 35.1 Å². The predicted octanol–water partition coefficient (Wildman–Crippen LogP) is 6.67. The maximum absolute atomic E-state index is 13.6. The van der Waals surface area contributed by atoms with Gasteiger partial charge >= 0.3 is 6.29 Å². The number of halogens is 3. The van der Waals surface area contributed by atoms with Crippen molar-refractivity contribution in [2.24, 2.45) is 7.05 Å². The number of rotatable bonds is 5. The Morgan fingerprint density at radius 2 is 1.78 bits per heavy atom. The Morgan fingerprint density at radius 1 is 1.06 bits per heavy atom. The van der Waals surface area contributed by atoms with Gasteiger partial charge in [-0.15, -0.1) is 8.78 Å². The third-order valence-corrected chi connectivity index (χ3v) is 6.80. The molecule has 0 amide bonds. The molecular formula is C26H22BrF2N3O4. The summed E-state index contributed by atoms with van der Waals surface area (Å²) in [7, 11) is 1.81. The van der Waals surface area contributed by atoms with E-state index in [4.69, 9.17) is 4.42 Å². The highest BCUT2D eigenvalue weighted by molar-refractivity contribution is 9.10. The Bertz CT molecular complexity index is 1520. The van der Waals surface area contributed by atoms with Crippen molar-refractivity contribution in [1.29, 1.82) is 0 Å². The van der Waals surface area contributed by atoms with Crippen molar-refractivity contribution in [2.75, 3.05) is 0 Å². The summed E-state index contributed by atoms with van der Waals surface area (Å²) in [6.07, 6.45) is -3.72. The summed E-state index contributed by atoms with van der Waals surface area (Å²) in [6.45, 7) is 6.93. The molecule has 2 aromatic carbocycles. The summed E-state index contributed by atoms with van der Waals surface area (Å²) in [5.74, 6) is 0.718. The summed E-state index contributed by atoms with van der Waals surface area (Å²) >= 11 is 3.53. The van der Waals surface area contributed by atoms with E-state index >= 15 is 0 Å². The van der Waals surface area contributed by atoms with Crippen LogP contribution in [0.2, 0.25) is 0 Å². The van der Waals surface area contributed by atoms with E-state index in [-0.39, 0.29) is 17.3 Å². The van der Waals surface area contributed by atoms with Gasteiger partial charge in [-0.1, -0.05) is 22.0 Å². The number of ketones is 1. The van der Waals surface area contributed by atoms with Gasteiger partial charge in [-0.3, -0.25) is 9.48 Å². The van der Waals surface area contributed by atoms with Crippen molar-refractivity contribution in [3.05, 3.63) is 58.5 Å². The first-order valence-electron chi connectivity index (χ1n) is 11.1. The third-order valence-electron chi connectivity index (χ3n) is 6.31. The van der Waals surface area contributed by atoms with Crippen LogP contribution < -0.4 is 9.47 Å². The highest BCUT2D eigenvalue weighted by atomic mass is 79.9. The second-order valence-corrected chi connectivity index (χ2v) is 10.1. The minimum Gasteiger partial charge on any atom is -0.440 e. The van der Waals surface area contributed by atoms with Gasteiger partial charge in [0.2, 0.25) is 0 Å². The molecule has 0 unspecified atom stereocenters. The van der Waals surface area contributed by atoms with Gasteiger partial charge in [0.1, 0.15) is 11.5 Å². The summed E-state index contributed by atoms with van der Waals surface area (Å²) in [6, 6.07) is 12.1. The first-order valence-corrected chi connectivity index (χ1v) is 11.9. The average molecular weight is 558 g/mol. The molecule has 4 aromatic rings. The number of hydrogen-bond acceptors (Lipinski definition) is 6. The first-order chi connectivity index (χ1) is 16.9. The van der Waals surface area contributed by atoms with Gasteiger partial charge in [0.15, 0.2) is 23.1 Å². The molecule has 0 fully saturated rings. The summed E-state index contributed by atoms with van der Waals surface area (Å²) in [4.78, 5) is 16.8. The highest BCUT2D eigenvalue weighted by Gasteiger charge is 2.43. The lowest BCUT2D eigenvalue weighted by molar-refractivity contribution is -0.286. The number of fused-ring (bicyclic) bond motifs is 1. The molecule has 36 heavy (non-hydrogen) atoms. The second kappa shape index (κ2) is 8.26. The second-order valence-electron chi connectivity index (χ2n) is 9.15. The quantitative estimate of drug-likeness (QED) is 0.272. The largest absolute Gasteiger partial charge is 0.586 e. The molecule has 7 nitrogen and oxygen atoms in total. The Labute approximate surface area is 214 Å². The number of aryl methyl sites for hydroxylation is 2. The number of aromatic nitrogens is 3. The Hall–Kier alpha value is -3.53. The molecule has 0 aliphatic carbocycles. The van der Waals surface area contributed by atoms with E-state index in [2.05, 4.69) is 35.5 Å². The van der Waals surface area contributed by atoms with E-state index in [0.29, 0.717) is 34.2 Å². The molecule has 0 spiro atoms. The highest BCUT2D eigenvalue weighted by Crippen LogP contribution is 2.45. The predicted molar refractivity (Wildman–Crippen MR) is 132 cm³/mol. The molecule has 1 aliphatic rings. The van der Waals surface area contributed by atoms with E-state index < -0.39 is 11.7 Å². The molecule has 0 atom stereocenters. The first kappa shape index (κ1) is 24.2. The van der Waals surface area contributed by atoms with Crippen LogP contribution in [-0.4, -0.2) is 26.8 Å². The van der Waals surface area contributed by atoms with E-state index in [1.165, 1.54) is 12.1 Å². The van der Waals surface area contributed by atoms with Gasteiger partial charge < -0.3 is 13.9 Å². The number of hydrogen-bond donors (Lipinski definition) is 0. The number of ether oxygens (including phenoxy) is 2. The zero-order valence-electron chi connectivity index (χ0n) is 20.1. The molecule has 0 saturated carbocycles. The van der Waals surface area contributed by atoms with Crippen LogP contribution in [0.15, 0.2) is 51.4 Å². The lowest BCUT2D eigenvalue weighted by Crippen LogP contribution is -2.27. The fourth-order valence-electron chi connectivity index (χ4n) is 4.03. The molecule has 0 saturated heterocycles. The smallest absolute Gasteiger partial charge is 0.440 e. The normalized spacial score (nSPS) is 14.3. The van der Waals surface area contributed by atoms with E-state index in [1.807, 2.05) is 45.2 Å². The van der Waals surface area contributed by atoms with Gasteiger partial charge in [-0.2, -0.15) is 5.10 Å². The molecule has 0 N–H and O–H groups in total. The Balaban J connectivity index is 1.66. The van der Waals surface area contributed by atoms with Crippen LogP contribution in [0.25, 0.3) is 33.8 Å². The van der Waals surface area contributed by atoms with Gasteiger partial charge in [-0.05, 0) is 57.2 Å². The minimum atomic E-state index is -3.72. The molecule has 186 valence electrons. The number of nitrogens with zero attached hydrogens (tertiary/aromatic N) is 3. The van der Waals surface area contributed by atoms with Crippen molar-refractivity contribution in [1.82, 2.24) is 14.8 Å². The zero-order valence-corrected chi connectivity index (χ0v) is 21.7. The van der Waals surface area contributed by atoms with Crippen LogP contribution in [0, 0.1) is 6.92 Å². The lowest BCUT2D eigenvalue weighted by Gasteiger charge is -2.17. The van der Waals surface area contributed by atoms with Crippen molar-refractivity contribution in [3.63, 3.8) is 0 Å². The number of Topliss-reactive ketones (excluding diaryl/α,β-unsaturated/α-hetero) is 1. The molecule has 10 heteroatoms.